The number of rotatable bonds is 0. The SMILES string of the molecule is O=P(O)(O)O.[CH2-]CC.[K+]. The van der Waals surface area contributed by atoms with Gasteiger partial charge in [-0.25, -0.2) is 4.57 Å². The number of hydrogen-bond donors (Lipinski definition) is 3. The van der Waals surface area contributed by atoms with Crippen LogP contribution in [0.3, 0.4) is 0 Å². The third-order valence-corrected chi connectivity index (χ3v) is 0. The fourth-order valence-electron chi connectivity index (χ4n) is 0. The molecule has 6 heteroatoms. The zero-order valence-corrected chi connectivity index (χ0v) is 9.63. The fourth-order valence-corrected chi connectivity index (χ4v) is 0. The summed E-state index contributed by atoms with van der Waals surface area (Å²) in [6.45, 7) is 5.50. The van der Waals surface area contributed by atoms with E-state index in [2.05, 4.69) is 6.92 Å². The van der Waals surface area contributed by atoms with Crippen LogP contribution in [0.15, 0.2) is 0 Å². The summed E-state index contributed by atoms with van der Waals surface area (Å²) < 4.78 is 8.88. The molecule has 0 unspecified atom stereocenters. The molecule has 4 nitrogen and oxygen atoms in total. The average molecular weight is 180 g/mol. The Morgan fingerprint density at radius 1 is 1.44 bits per heavy atom. The summed E-state index contributed by atoms with van der Waals surface area (Å²) in [7, 11) is -4.64. The molecule has 0 aliphatic rings. The summed E-state index contributed by atoms with van der Waals surface area (Å²) in [5.41, 5.74) is 0. The van der Waals surface area contributed by atoms with E-state index in [1.807, 2.05) is 6.92 Å². The zero-order chi connectivity index (χ0) is 7.21. The second kappa shape index (κ2) is 9.75. The standard InChI is InChI=1S/C3H7.K.H3O4P/c1-3-2;;1-5(2,3)4/h1,3H2,2H3;;(H3,1,2,3,4)/q-1;+1;. The Kier molecular flexibility index (Phi) is 18.4. The van der Waals surface area contributed by atoms with Crippen molar-refractivity contribution in [2.75, 3.05) is 0 Å². The van der Waals surface area contributed by atoms with Crippen LogP contribution in [-0.2, 0) is 4.57 Å². The molecule has 0 radical (unpaired) electrons. The number of hydrogen-bond acceptors (Lipinski definition) is 1. The van der Waals surface area contributed by atoms with Gasteiger partial charge in [-0.15, -0.1) is 0 Å². The molecule has 0 amide bonds. The van der Waals surface area contributed by atoms with Gasteiger partial charge in [0, 0.05) is 0 Å². The van der Waals surface area contributed by atoms with Gasteiger partial charge in [0.1, 0.15) is 0 Å². The molecule has 0 heterocycles. The van der Waals surface area contributed by atoms with Crippen molar-refractivity contribution in [1.82, 2.24) is 0 Å². The van der Waals surface area contributed by atoms with E-state index < -0.39 is 7.82 Å². The Balaban J connectivity index is -0.0000000800. The normalized spacial score (nSPS) is 8.56. The second-order valence-electron chi connectivity index (χ2n) is 1.01. The van der Waals surface area contributed by atoms with Gasteiger partial charge in [0.05, 0.1) is 0 Å². The number of phosphoric acid groups is 1. The summed E-state index contributed by atoms with van der Waals surface area (Å²) in [4.78, 5) is 21.6. The van der Waals surface area contributed by atoms with Crippen molar-refractivity contribution in [3.63, 3.8) is 0 Å². The van der Waals surface area contributed by atoms with Crippen LogP contribution in [0.25, 0.3) is 0 Å². The van der Waals surface area contributed by atoms with E-state index in [1.54, 1.807) is 0 Å². The van der Waals surface area contributed by atoms with Gasteiger partial charge < -0.3 is 21.6 Å². The molecule has 0 fully saturated rings. The maximum Gasteiger partial charge on any atom is 1.00 e. The minimum Gasteiger partial charge on any atom is -0.344 e. The monoisotopic (exact) mass is 180 g/mol. The Morgan fingerprint density at radius 3 is 1.44 bits per heavy atom. The molecule has 0 saturated carbocycles. The molecule has 0 aromatic carbocycles. The Bertz CT molecular complexity index is 71.6. The summed E-state index contributed by atoms with van der Waals surface area (Å²) >= 11 is 0. The van der Waals surface area contributed by atoms with E-state index in [9.17, 15) is 0 Å². The maximum atomic E-state index is 8.88. The Hall–Kier alpha value is 1.75. The van der Waals surface area contributed by atoms with Gasteiger partial charge >= 0.3 is 59.2 Å². The molecule has 52 valence electrons. The molecule has 0 aromatic heterocycles. The van der Waals surface area contributed by atoms with Crippen LogP contribution < -0.4 is 51.4 Å². The first kappa shape index (κ1) is 17.0. The molecule has 0 rings (SSSR count). The summed E-state index contributed by atoms with van der Waals surface area (Å²) in [6, 6.07) is 0. The molecule has 0 aromatic rings. The van der Waals surface area contributed by atoms with Crippen LogP contribution in [0.1, 0.15) is 13.3 Å². The Morgan fingerprint density at radius 2 is 1.44 bits per heavy atom. The van der Waals surface area contributed by atoms with E-state index in [1.165, 1.54) is 0 Å². The largest absolute Gasteiger partial charge is 1.00 e. The molecule has 9 heavy (non-hydrogen) atoms. The first-order chi connectivity index (χ1) is 3.41. The van der Waals surface area contributed by atoms with Gasteiger partial charge in [0.25, 0.3) is 0 Å². The summed E-state index contributed by atoms with van der Waals surface area (Å²) in [5.74, 6) is 0. The van der Waals surface area contributed by atoms with E-state index in [4.69, 9.17) is 19.2 Å². The van der Waals surface area contributed by atoms with E-state index in [0.717, 1.165) is 6.42 Å². The van der Waals surface area contributed by atoms with Gasteiger partial charge in [0.15, 0.2) is 0 Å². The van der Waals surface area contributed by atoms with Gasteiger partial charge in [-0.1, -0.05) is 6.92 Å². The van der Waals surface area contributed by atoms with E-state index in [0.29, 0.717) is 0 Å². The fraction of sp³-hybridized carbons (Fsp3) is 0.667. The molecule has 0 aliphatic carbocycles. The predicted octanol–water partition coefficient (Wildman–Crippen LogP) is -2.69. The Labute approximate surface area is 97.3 Å². The molecular formula is C3H10KO4P. The van der Waals surface area contributed by atoms with Gasteiger partial charge in [-0.3, -0.25) is 0 Å². The van der Waals surface area contributed by atoms with Crippen LogP contribution in [0.5, 0.6) is 0 Å². The van der Waals surface area contributed by atoms with Crippen molar-refractivity contribution in [3.05, 3.63) is 6.92 Å². The van der Waals surface area contributed by atoms with Crippen LogP contribution >= 0.6 is 7.82 Å². The van der Waals surface area contributed by atoms with E-state index in [-0.39, 0.29) is 51.4 Å². The first-order valence-corrected chi connectivity index (χ1v) is 3.55. The third kappa shape index (κ3) is 192. The minimum absolute atomic E-state index is 0. The quantitative estimate of drug-likeness (QED) is 0.215. The molecule has 0 aliphatic heterocycles. The third-order valence-electron chi connectivity index (χ3n) is 0. The topological polar surface area (TPSA) is 77.8 Å². The van der Waals surface area contributed by atoms with Crippen molar-refractivity contribution in [1.29, 1.82) is 0 Å². The van der Waals surface area contributed by atoms with Crippen LogP contribution in [-0.4, -0.2) is 14.7 Å². The first-order valence-electron chi connectivity index (χ1n) is 1.99. The van der Waals surface area contributed by atoms with Crippen molar-refractivity contribution in [2.45, 2.75) is 13.3 Å². The molecule has 0 saturated heterocycles. The second-order valence-corrected chi connectivity index (χ2v) is 2.04. The molecule has 0 atom stereocenters. The van der Waals surface area contributed by atoms with Crippen LogP contribution in [0.4, 0.5) is 0 Å². The molecule has 0 spiro atoms. The smallest absolute Gasteiger partial charge is 0.344 e. The summed E-state index contributed by atoms with van der Waals surface area (Å²) in [5, 5.41) is 0. The van der Waals surface area contributed by atoms with Gasteiger partial charge in [-0.2, -0.15) is 6.42 Å². The van der Waals surface area contributed by atoms with E-state index >= 15 is 0 Å². The van der Waals surface area contributed by atoms with Crippen molar-refractivity contribution in [2.24, 2.45) is 0 Å². The van der Waals surface area contributed by atoms with Crippen LogP contribution in [0, 0.1) is 6.92 Å². The molecular weight excluding hydrogens is 170 g/mol. The zero-order valence-electron chi connectivity index (χ0n) is 5.61. The van der Waals surface area contributed by atoms with Crippen molar-refractivity contribution < 1.29 is 70.6 Å². The maximum absolute atomic E-state index is 8.88. The summed E-state index contributed by atoms with van der Waals surface area (Å²) in [6.07, 6.45) is 1.00. The molecule has 0 bridgehead atoms. The van der Waals surface area contributed by atoms with Crippen LogP contribution in [0.2, 0.25) is 0 Å². The minimum atomic E-state index is -4.64. The van der Waals surface area contributed by atoms with Gasteiger partial charge in [0.2, 0.25) is 0 Å². The predicted molar refractivity (Wildman–Crippen MR) is 29.9 cm³/mol. The van der Waals surface area contributed by atoms with Gasteiger partial charge in [-0.05, 0) is 0 Å². The van der Waals surface area contributed by atoms with Crippen molar-refractivity contribution in [3.8, 4) is 0 Å². The van der Waals surface area contributed by atoms with Crippen molar-refractivity contribution >= 4 is 7.82 Å². The average Bonchev–Trinajstić information content (AvgIpc) is 1.27. The molecule has 3 N–H and O–H groups in total.